The van der Waals surface area contributed by atoms with Gasteiger partial charge in [0.1, 0.15) is 0 Å². The van der Waals surface area contributed by atoms with Crippen LogP contribution in [0, 0.1) is 6.92 Å². The van der Waals surface area contributed by atoms with Gasteiger partial charge in [-0.15, -0.1) is 0 Å². The lowest BCUT2D eigenvalue weighted by Crippen LogP contribution is -2.15. The third-order valence-corrected chi connectivity index (χ3v) is 6.25. The Kier molecular flexibility index (Phi) is 23.5. The molecule has 0 aliphatic rings. The Morgan fingerprint density at radius 2 is 0.789 bits per heavy atom. The fourth-order valence-corrected chi connectivity index (χ4v) is 3.79. The van der Waals surface area contributed by atoms with E-state index in [9.17, 15) is 8.42 Å². The van der Waals surface area contributed by atoms with Crippen LogP contribution in [-0.2, 0) is 52.2 Å². The average Bonchev–Trinajstić information content (AvgIpc) is 2.91. The summed E-state index contributed by atoms with van der Waals surface area (Å²) in [5, 5.41) is 0.830. The summed E-state index contributed by atoms with van der Waals surface area (Å²) in [6.45, 7) is 9.46. The summed E-state index contributed by atoms with van der Waals surface area (Å²) in [5.74, 6) is 0. The van der Waals surface area contributed by atoms with Crippen molar-refractivity contribution in [3.8, 4) is 0 Å². The fourth-order valence-electron chi connectivity index (χ4n) is 2.67. The normalized spacial score (nSPS) is 11.8. The molecule has 0 amide bonds. The molecule has 0 aromatic heterocycles. The van der Waals surface area contributed by atoms with E-state index in [0.717, 1.165) is 10.9 Å². The fraction of sp³-hybridized carbons (Fsp3) is 0.760. The van der Waals surface area contributed by atoms with E-state index in [1.807, 2.05) is 6.92 Å². The maximum Gasteiger partial charge on any atom is 0.297 e. The van der Waals surface area contributed by atoms with Crippen molar-refractivity contribution in [2.24, 2.45) is 0 Å². The van der Waals surface area contributed by atoms with E-state index < -0.39 is 10.1 Å². The number of hydrogen-bond donors (Lipinski definition) is 0. The molecular formula is C25H43BrO11S. The molecule has 0 bridgehead atoms. The second-order valence-electron chi connectivity index (χ2n) is 7.68. The van der Waals surface area contributed by atoms with Gasteiger partial charge in [0.2, 0.25) is 0 Å². The number of benzene rings is 1. The first-order chi connectivity index (χ1) is 18.6. The molecular weight excluding hydrogens is 588 g/mol. The molecule has 0 fully saturated rings. The van der Waals surface area contributed by atoms with Crippen LogP contribution in [0.4, 0.5) is 0 Å². The van der Waals surface area contributed by atoms with Crippen LogP contribution in [0.3, 0.4) is 0 Å². The van der Waals surface area contributed by atoms with E-state index in [4.69, 9.17) is 42.1 Å². The molecule has 11 nitrogen and oxygen atoms in total. The summed E-state index contributed by atoms with van der Waals surface area (Å²) < 4.78 is 72.1. The van der Waals surface area contributed by atoms with Crippen molar-refractivity contribution in [2.75, 3.05) is 118 Å². The van der Waals surface area contributed by atoms with Crippen molar-refractivity contribution >= 4 is 26.0 Å². The Labute approximate surface area is 235 Å². The van der Waals surface area contributed by atoms with Crippen LogP contribution in [0.5, 0.6) is 0 Å². The van der Waals surface area contributed by atoms with Crippen molar-refractivity contribution < 1.29 is 50.5 Å². The molecule has 0 heterocycles. The van der Waals surface area contributed by atoms with E-state index in [-0.39, 0.29) is 18.1 Å². The molecule has 0 saturated heterocycles. The zero-order chi connectivity index (χ0) is 27.6. The maximum absolute atomic E-state index is 12.0. The van der Waals surface area contributed by atoms with Crippen LogP contribution in [0.1, 0.15) is 5.56 Å². The Bertz CT molecular complexity index is 750. The predicted molar refractivity (Wildman–Crippen MR) is 145 cm³/mol. The van der Waals surface area contributed by atoms with Crippen LogP contribution >= 0.6 is 15.9 Å². The van der Waals surface area contributed by atoms with E-state index in [0.29, 0.717) is 99.1 Å². The van der Waals surface area contributed by atoms with Crippen LogP contribution in [0.25, 0.3) is 0 Å². The molecule has 1 aromatic carbocycles. The zero-order valence-electron chi connectivity index (χ0n) is 22.3. The second kappa shape index (κ2) is 25.3. The molecule has 0 atom stereocenters. The van der Waals surface area contributed by atoms with E-state index in [1.54, 1.807) is 12.1 Å². The minimum atomic E-state index is -3.76. The molecule has 0 saturated carbocycles. The van der Waals surface area contributed by atoms with Gasteiger partial charge in [-0.2, -0.15) is 8.42 Å². The minimum Gasteiger partial charge on any atom is -0.378 e. The number of halogens is 1. The highest BCUT2D eigenvalue weighted by Crippen LogP contribution is 2.12. The van der Waals surface area contributed by atoms with Crippen molar-refractivity contribution in [1.29, 1.82) is 0 Å². The van der Waals surface area contributed by atoms with Crippen molar-refractivity contribution in [3.63, 3.8) is 0 Å². The predicted octanol–water partition coefficient (Wildman–Crippen LogP) is 2.23. The lowest BCUT2D eigenvalue weighted by atomic mass is 10.2. The number of rotatable bonds is 28. The summed E-state index contributed by atoms with van der Waals surface area (Å²) in [5.41, 5.74) is 0.978. The third kappa shape index (κ3) is 21.2. The van der Waals surface area contributed by atoms with Crippen LogP contribution < -0.4 is 0 Å². The first-order valence-electron chi connectivity index (χ1n) is 12.7. The standard InChI is InChI=1S/C25H43BrO11S/c1-24-2-4-25(5-3-24)38(27,28)37-23-22-36-21-20-35-19-18-34-17-16-33-15-14-32-13-12-31-11-10-30-9-8-29-7-6-26/h2-5H,6-23H2,1H3. The van der Waals surface area contributed by atoms with Gasteiger partial charge in [-0.1, -0.05) is 33.6 Å². The largest absolute Gasteiger partial charge is 0.378 e. The first-order valence-corrected chi connectivity index (χ1v) is 15.2. The number of aryl methyl sites for hydroxylation is 1. The molecule has 0 aliphatic carbocycles. The quantitative estimate of drug-likeness (QED) is 0.0770. The molecule has 1 aromatic rings. The molecule has 0 aliphatic heterocycles. The minimum absolute atomic E-state index is 0.0532. The number of alkyl halides is 1. The van der Waals surface area contributed by atoms with Crippen molar-refractivity contribution in [2.45, 2.75) is 11.8 Å². The van der Waals surface area contributed by atoms with Crippen LogP contribution in [0.2, 0.25) is 0 Å². The maximum atomic E-state index is 12.0. The smallest absolute Gasteiger partial charge is 0.297 e. The topological polar surface area (TPSA) is 117 Å². The van der Waals surface area contributed by atoms with E-state index in [1.165, 1.54) is 12.1 Å². The van der Waals surface area contributed by atoms with Gasteiger partial charge >= 0.3 is 0 Å². The van der Waals surface area contributed by atoms with Gasteiger partial charge in [0.25, 0.3) is 10.1 Å². The van der Waals surface area contributed by atoms with Gasteiger partial charge < -0.3 is 37.9 Å². The Morgan fingerprint density at radius 1 is 0.500 bits per heavy atom. The van der Waals surface area contributed by atoms with E-state index >= 15 is 0 Å². The summed E-state index contributed by atoms with van der Waals surface area (Å²) >= 11 is 3.29. The third-order valence-electron chi connectivity index (χ3n) is 4.60. The number of ether oxygens (including phenoxy) is 8. The molecule has 1 rings (SSSR count). The lowest BCUT2D eigenvalue weighted by molar-refractivity contribution is -0.0233. The Morgan fingerprint density at radius 3 is 1.11 bits per heavy atom. The van der Waals surface area contributed by atoms with E-state index in [2.05, 4.69) is 15.9 Å². The molecule has 38 heavy (non-hydrogen) atoms. The van der Waals surface area contributed by atoms with Crippen molar-refractivity contribution in [1.82, 2.24) is 0 Å². The molecule has 0 N–H and O–H groups in total. The molecule has 222 valence electrons. The van der Waals surface area contributed by atoms with Gasteiger partial charge in [-0.25, -0.2) is 0 Å². The Hall–Kier alpha value is -0.710. The first kappa shape index (κ1) is 35.3. The van der Waals surface area contributed by atoms with Crippen LogP contribution in [0.15, 0.2) is 29.2 Å². The Balaban J connectivity index is 1.73. The summed E-state index contributed by atoms with van der Waals surface area (Å²) in [4.78, 5) is 0.132. The van der Waals surface area contributed by atoms with Gasteiger partial charge in [-0.05, 0) is 19.1 Å². The molecule has 13 heteroatoms. The highest BCUT2D eigenvalue weighted by Gasteiger charge is 2.14. The summed E-state index contributed by atoms with van der Waals surface area (Å²) in [7, 11) is -3.76. The molecule has 0 radical (unpaired) electrons. The molecule has 0 spiro atoms. The zero-order valence-corrected chi connectivity index (χ0v) is 24.7. The second-order valence-corrected chi connectivity index (χ2v) is 10.1. The average molecular weight is 632 g/mol. The monoisotopic (exact) mass is 630 g/mol. The van der Waals surface area contributed by atoms with Gasteiger partial charge in [0, 0.05) is 5.33 Å². The van der Waals surface area contributed by atoms with Gasteiger partial charge in [0.15, 0.2) is 0 Å². The summed E-state index contributed by atoms with van der Waals surface area (Å²) in [6, 6.07) is 6.49. The van der Waals surface area contributed by atoms with Crippen LogP contribution in [-0.4, -0.2) is 126 Å². The van der Waals surface area contributed by atoms with Gasteiger partial charge in [0.05, 0.1) is 117 Å². The summed E-state index contributed by atoms with van der Waals surface area (Å²) in [6.07, 6.45) is 0. The number of hydrogen-bond acceptors (Lipinski definition) is 11. The molecule has 0 unspecified atom stereocenters. The highest BCUT2D eigenvalue weighted by molar-refractivity contribution is 9.09. The SMILES string of the molecule is Cc1ccc(S(=O)(=O)OCCOCCOCCOCCOCCOCCOCCOCCOCCBr)cc1. The van der Waals surface area contributed by atoms with Gasteiger partial charge in [-0.3, -0.25) is 4.18 Å². The highest BCUT2D eigenvalue weighted by atomic mass is 79.9. The van der Waals surface area contributed by atoms with Crippen molar-refractivity contribution in [3.05, 3.63) is 29.8 Å². The lowest BCUT2D eigenvalue weighted by Gasteiger charge is -2.09.